The Morgan fingerprint density at radius 1 is 1.43 bits per heavy atom. The summed E-state index contributed by atoms with van der Waals surface area (Å²) >= 11 is 0. The highest BCUT2D eigenvalue weighted by Gasteiger charge is 2.33. The predicted octanol–water partition coefficient (Wildman–Crippen LogP) is 2.78. The third-order valence-corrected chi connectivity index (χ3v) is 4.71. The summed E-state index contributed by atoms with van der Waals surface area (Å²) in [7, 11) is 1.99. The summed E-state index contributed by atoms with van der Waals surface area (Å²) in [6, 6.07) is 4.24. The summed E-state index contributed by atoms with van der Waals surface area (Å²) in [5.74, 6) is 0. The minimum atomic E-state index is -0.319. The van der Waals surface area contributed by atoms with Gasteiger partial charge in [-0.3, -0.25) is 4.68 Å². The fraction of sp³-hybridized carbons (Fsp3) is 0.588. The lowest BCUT2D eigenvalue weighted by Gasteiger charge is -2.34. The number of aliphatic hydroxyl groups excluding tert-OH is 1. The highest BCUT2D eigenvalue weighted by molar-refractivity contribution is 5.33. The molecule has 4 nitrogen and oxygen atoms in total. The lowest BCUT2D eigenvalue weighted by molar-refractivity contribution is 0.0979. The van der Waals surface area contributed by atoms with Crippen LogP contribution in [-0.4, -0.2) is 19.5 Å². The Morgan fingerprint density at radius 2 is 2.19 bits per heavy atom. The second-order valence-corrected chi connectivity index (χ2v) is 7.10. The summed E-state index contributed by atoms with van der Waals surface area (Å²) in [5, 5.41) is 14.6. The predicted molar refractivity (Wildman–Crippen MR) is 83.1 cm³/mol. The third kappa shape index (κ3) is 2.64. The minimum Gasteiger partial charge on any atom is -0.388 e. The fourth-order valence-electron chi connectivity index (χ4n) is 3.58. The molecule has 2 aromatic heterocycles. The smallest absolute Gasteiger partial charge is 0.0812 e. The van der Waals surface area contributed by atoms with Crippen molar-refractivity contribution >= 4 is 0 Å². The molecule has 0 bridgehead atoms. The normalized spacial score (nSPS) is 20.5. The second kappa shape index (κ2) is 5.02. The Bertz CT molecular complexity index is 651. The molecule has 1 unspecified atom stereocenters. The molecule has 0 saturated heterocycles. The van der Waals surface area contributed by atoms with E-state index >= 15 is 0 Å². The summed E-state index contributed by atoms with van der Waals surface area (Å²) in [4.78, 5) is 0. The monoisotopic (exact) mass is 287 g/mol. The van der Waals surface area contributed by atoms with Crippen LogP contribution in [0.1, 0.15) is 49.0 Å². The van der Waals surface area contributed by atoms with Crippen LogP contribution in [0.25, 0.3) is 0 Å². The largest absolute Gasteiger partial charge is 0.388 e. The van der Waals surface area contributed by atoms with Gasteiger partial charge in [0.05, 0.1) is 6.10 Å². The molecule has 0 radical (unpaired) electrons. The summed E-state index contributed by atoms with van der Waals surface area (Å²) in [6.07, 6.45) is 4.39. The Balaban J connectivity index is 1.88. The van der Waals surface area contributed by atoms with Gasteiger partial charge in [0, 0.05) is 48.9 Å². The van der Waals surface area contributed by atoms with Crippen molar-refractivity contribution in [3.05, 3.63) is 41.0 Å². The average Bonchev–Trinajstić information content (AvgIpc) is 2.90. The van der Waals surface area contributed by atoms with E-state index in [9.17, 15) is 5.11 Å². The molecule has 0 aromatic carbocycles. The van der Waals surface area contributed by atoms with Crippen molar-refractivity contribution in [2.24, 2.45) is 12.5 Å². The highest BCUT2D eigenvalue weighted by Crippen LogP contribution is 2.41. The number of fused-ring (bicyclic) bond motifs is 1. The molecule has 1 aliphatic carbocycles. The topological polar surface area (TPSA) is 43.0 Å². The van der Waals surface area contributed by atoms with Gasteiger partial charge in [0.1, 0.15) is 0 Å². The van der Waals surface area contributed by atoms with Crippen molar-refractivity contribution in [2.45, 2.75) is 52.7 Å². The van der Waals surface area contributed by atoms with E-state index in [1.54, 1.807) is 0 Å². The fourth-order valence-corrected chi connectivity index (χ4v) is 3.58. The van der Waals surface area contributed by atoms with Gasteiger partial charge in [-0.05, 0) is 37.3 Å². The van der Waals surface area contributed by atoms with Crippen LogP contribution in [0.3, 0.4) is 0 Å². The number of hydrogen-bond acceptors (Lipinski definition) is 2. The van der Waals surface area contributed by atoms with Crippen molar-refractivity contribution in [2.75, 3.05) is 0 Å². The highest BCUT2D eigenvalue weighted by atomic mass is 16.3. The van der Waals surface area contributed by atoms with E-state index in [-0.39, 0.29) is 11.5 Å². The zero-order valence-corrected chi connectivity index (χ0v) is 13.4. The molecule has 0 aliphatic heterocycles. The Morgan fingerprint density at radius 3 is 2.86 bits per heavy atom. The van der Waals surface area contributed by atoms with Gasteiger partial charge in [-0.15, -0.1) is 0 Å². The van der Waals surface area contributed by atoms with Crippen LogP contribution in [0.15, 0.2) is 18.3 Å². The van der Waals surface area contributed by atoms with E-state index in [1.165, 1.54) is 17.1 Å². The van der Waals surface area contributed by atoms with Gasteiger partial charge < -0.3 is 9.67 Å². The van der Waals surface area contributed by atoms with E-state index < -0.39 is 0 Å². The van der Waals surface area contributed by atoms with Crippen LogP contribution in [0.5, 0.6) is 0 Å². The van der Waals surface area contributed by atoms with Crippen molar-refractivity contribution in [3.8, 4) is 0 Å². The van der Waals surface area contributed by atoms with Crippen LogP contribution in [0.4, 0.5) is 0 Å². The molecule has 0 fully saturated rings. The summed E-state index contributed by atoms with van der Waals surface area (Å²) in [5.41, 5.74) is 5.11. The summed E-state index contributed by atoms with van der Waals surface area (Å²) in [6.45, 7) is 7.57. The Hall–Kier alpha value is -1.55. The molecule has 0 amide bonds. The van der Waals surface area contributed by atoms with Crippen LogP contribution < -0.4 is 0 Å². The van der Waals surface area contributed by atoms with Gasteiger partial charge in [-0.1, -0.05) is 13.8 Å². The molecule has 3 rings (SSSR count). The molecule has 0 saturated carbocycles. The Labute approximate surface area is 126 Å². The lowest BCUT2D eigenvalue weighted by atomic mass is 9.75. The third-order valence-electron chi connectivity index (χ3n) is 4.71. The van der Waals surface area contributed by atoms with Crippen molar-refractivity contribution in [1.82, 2.24) is 14.3 Å². The molecule has 1 atom stereocenters. The van der Waals surface area contributed by atoms with Crippen molar-refractivity contribution in [3.63, 3.8) is 0 Å². The lowest BCUT2D eigenvalue weighted by Crippen LogP contribution is -2.27. The van der Waals surface area contributed by atoms with Gasteiger partial charge in [0.25, 0.3) is 0 Å². The maximum absolute atomic E-state index is 10.4. The van der Waals surface area contributed by atoms with Crippen molar-refractivity contribution < 1.29 is 5.11 Å². The van der Waals surface area contributed by atoms with E-state index in [1.807, 2.05) is 17.9 Å². The summed E-state index contributed by atoms with van der Waals surface area (Å²) < 4.78 is 4.32. The van der Waals surface area contributed by atoms with Gasteiger partial charge >= 0.3 is 0 Å². The number of rotatable bonds is 3. The maximum Gasteiger partial charge on any atom is 0.0812 e. The molecule has 1 N–H and O–H groups in total. The minimum absolute atomic E-state index is 0.168. The molecule has 2 heterocycles. The van der Waals surface area contributed by atoms with Gasteiger partial charge in [0.2, 0.25) is 0 Å². The molecule has 0 spiro atoms. The number of nitrogens with zero attached hydrogens (tertiary/aromatic N) is 3. The molecule has 4 heteroatoms. The first kappa shape index (κ1) is 14.4. The first-order valence-electron chi connectivity index (χ1n) is 7.71. The van der Waals surface area contributed by atoms with Crippen molar-refractivity contribution in [1.29, 1.82) is 0 Å². The zero-order chi connectivity index (χ0) is 15.2. The SMILES string of the molecule is Cc1cc2c(n1CCc1ccnn1C)CC(C)(C)CC2O. The quantitative estimate of drug-likeness (QED) is 0.943. The molecule has 1 aliphatic rings. The second-order valence-electron chi connectivity index (χ2n) is 7.10. The van der Waals surface area contributed by atoms with E-state index in [2.05, 4.69) is 42.6 Å². The number of aromatic nitrogens is 3. The number of aryl methyl sites for hydroxylation is 3. The molecule has 114 valence electrons. The van der Waals surface area contributed by atoms with Crippen LogP contribution in [-0.2, 0) is 26.4 Å². The maximum atomic E-state index is 10.4. The first-order valence-corrected chi connectivity index (χ1v) is 7.71. The number of aliphatic hydroxyl groups is 1. The van der Waals surface area contributed by atoms with E-state index in [0.29, 0.717) is 0 Å². The molecule has 21 heavy (non-hydrogen) atoms. The van der Waals surface area contributed by atoms with Crippen LogP contribution >= 0.6 is 0 Å². The zero-order valence-electron chi connectivity index (χ0n) is 13.4. The Kier molecular flexibility index (Phi) is 3.44. The molecule has 2 aromatic rings. The van der Waals surface area contributed by atoms with Gasteiger partial charge in [-0.2, -0.15) is 5.10 Å². The standard InChI is InChI=1S/C17H25N3O/c1-12-9-14-15(10-17(2,3)11-16(14)21)20(12)8-6-13-5-7-18-19(13)4/h5,7,9,16,21H,6,8,10-11H2,1-4H3. The molecular weight excluding hydrogens is 262 g/mol. The van der Waals surface area contributed by atoms with E-state index in [0.717, 1.165) is 31.4 Å². The van der Waals surface area contributed by atoms with E-state index in [4.69, 9.17) is 0 Å². The first-order chi connectivity index (χ1) is 9.87. The average molecular weight is 287 g/mol. The van der Waals surface area contributed by atoms with Crippen LogP contribution in [0.2, 0.25) is 0 Å². The van der Waals surface area contributed by atoms with Crippen LogP contribution in [0, 0.1) is 12.3 Å². The van der Waals surface area contributed by atoms with Gasteiger partial charge in [0.15, 0.2) is 0 Å². The van der Waals surface area contributed by atoms with Gasteiger partial charge in [-0.25, -0.2) is 0 Å². The number of hydrogen-bond donors (Lipinski definition) is 1. The molecular formula is C17H25N3O.